The fraction of sp³-hybridized carbons (Fsp3) is 0.333. The van der Waals surface area contributed by atoms with Gasteiger partial charge in [0.15, 0.2) is 0 Å². The van der Waals surface area contributed by atoms with Crippen LogP contribution in [0.4, 0.5) is 5.69 Å². The molecule has 0 radical (unpaired) electrons. The lowest BCUT2D eigenvalue weighted by Crippen LogP contribution is -2.30. The quantitative estimate of drug-likeness (QED) is 0.845. The minimum atomic E-state index is -0.201. The van der Waals surface area contributed by atoms with Gasteiger partial charge in [-0.1, -0.05) is 18.2 Å². The van der Waals surface area contributed by atoms with Gasteiger partial charge in [-0.2, -0.15) is 0 Å². The first-order valence-electron chi connectivity index (χ1n) is 8.02. The molecule has 3 rings (SSSR count). The van der Waals surface area contributed by atoms with E-state index in [4.69, 9.17) is 4.42 Å². The second-order valence-corrected chi connectivity index (χ2v) is 6.86. The monoisotopic (exact) mass is 344 g/mol. The fourth-order valence-electron chi connectivity index (χ4n) is 2.66. The van der Waals surface area contributed by atoms with Crippen LogP contribution >= 0.6 is 11.8 Å². The number of carbonyl (C=O) groups excluding carboxylic acids is 2. The highest BCUT2D eigenvalue weighted by molar-refractivity contribution is 8.01. The van der Waals surface area contributed by atoms with E-state index in [9.17, 15) is 9.59 Å². The van der Waals surface area contributed by atoms with Gasteiger partial charge in [0.2, 0.25) is 11.8 Å². The molecule has 24 heavy (non-hydrogen) atoms. The van der Waals surface area contributed by atoms with E-state index in [0.717, 1.165) is 29.9 Å². The van der Waals surface area contributed by atoms with Crippen LogP contribution in [0.1, 0.15) is 17.7 Å². The Morgan fingerprint density at radius 1 is 1.29 bits per heavy atom. The van der Waals surface area contributed by atoms with Gasteiger partial charge < -0.3 is 15.1 Å². The second kappa shape index (κ2) is 8.06. The number of thioether (sulfide) groups is 1. The van der Waals surface area contributed by atoms with Crippen LogP contribution < -0.4 is 10.6 Å². The summed E-state index contributed by atoms with van der Waals surface area (Å²) in [7, 11) is 0. The Morgan fingerprint density at radius 3 is 3.00 bits per heavy atom. The maximum absolute atomic E-state index is 12.3. The van der Waals surface area contributed by atoms with E-state index < -0.39 is 0 Å². The summed E-state index contributed by atoms with van der Waals surface area (Å²) >= 11 is 1.40. The molecule has 0 saturated carbocycles. The first kappa shape index (κ1) is 16.6. The summed E-state index contributed by atoms with van der Waals surface area (Å²) < 4.78 is 5.22. The molecule has 1 atom stereocenters. The highest BCUT2D eigenvalue weighted by Crippen LogP contribution is 2.26. The van der Waals surface area contributed by atoms with Crippen molar-refractivity contribution >= 4 is 29.3 Å². The van der Waals surface area contributed by atoms with Gasteiger partial charge in [0.1, 0.15) is 5.76 Å². The van der Waals surface area contributed by atoms with Crippen LogP contribution in [-0.2, 0) is 22.4 Å². The van der Waals surface area contributed by atoms with E-state index in [1.165, 1.54) is 11.8 Å². The van der Waals surface area contributed by atoms with Crippen molar-refractivity contribution in [2.75, 3.05) is 17.6 Å². The summed E-state index contributed by atoms with van der Waals surface area (Å²) in [6.07, 6.45) is 3.87. The zero-order valence-electron chi connectivity index (χ0n) is 13.3. The number of para-hydroxylation sites is 1. The average Bonchev–Trinajstić information content (AvgIpc) is 3.03. The predicted molar refractivity (Wildman–Crippen MR) is 95.1 cm³/mol. The molecule has 0 fully saturated rings. The molecule has 2 heterocycles. The van der Waals surface area contributed by atoms with Crippen LogP contribution in [0.15, 0.2) is 47.1 Å². The number of amides is 2. The molecule has 0 spiro atoms. The van der Waals surface area contributed by atoms with Crippen LogP contribution in [0.3, 0.4) is 0 Å². The summed E-state index contributed by atoms with van der Waals surface area (Å²) in [6.45, 7) is 0.537. The van der Waals surface area contributed by atoms with Crippen molar-refractivity contribution in [3.8, 4) is 0 Å². The summed E-state index contributed by atoms with van der Waals surface area (Å²) in [6, 6.07) is 11.6. The third-order valence-electron chi connectivity index (χ3n) is 3.93. The predicted octanol–water partition coefficient (Wildman–Crippen LogP) is 2.63. The summed E-state index contributed by atoms with van der Waals surface area (Å²) in [5.74, 6) is 1.06. The molecular weight excluding hydrogens is 324 g/mol. The number of nitrogens with one attached hydrogen (secondary N) is 2. The van der Waals surface area contributed by atoms with Crippen LogP contribution in [0.5, 0.6) is 0 Å². The van der Waals surface area contributed by atoms with Crippen molar-refractivity contribution in [3.63, 3.8) is 0 Å². The molecule has 0 saturated heterocycles. The number of furan rings is 1. The van der Waals surface area contributed by atoms with Gasteiger partial charge in [-0.15, -0.1) is 11.8 Å². The Bertz CT molecular complexity index is 700. The van der Waals surface area contributed by atoms with Gasteiger partial charge in [-0.25, -0.2) is 0 Å². The molecule has 2 amide bonds. The molecule has 1 aliphatic rings. The number of anilines is 1. The molecule has 5 nitrogen and oxygen atoms in total. The van der Waals surface area contributed by atoms with E-state index in [1.54, 1.807) is 6.26 Å². The fourth-order valence-corrected chi connectivity index (χ4v) is 3.61. The smallest absolute Gasteiger partial charge is 0.237 e. The Hall–Kier alpha value is -2.21. The van der Waals surface area contributed by atoms with Crippen molar-refractivity contribution in [2.45, 2.75) is 24.5 Å². The number of aryl methyl sites for hydroxylation is 1. The number of fused-ring (bicyclic) bond motifs is 1. The normalized spacial score (nSPS) is 16.8. The van der Waals surface area contributed by atoms with Gasteiger partial charge in [-0.05, 0) is 36.6 Å². The zero-order valence-corrected chi connectivity index (χ0v) is 14.1. The molecule has 1 aliphatic heterocycles. The maximum atomic E-state index is 12.3. The largest absolute Gasteiger partial charge is 0.469 e. The Labute approximate surface area is 145 Å². The third kappa shape index (κ3) is 4.41. The van der Waals surface area contributed by atoms with Gasteiger partial charge in [0.25, 0.3) is 0 Å². The number of carbonyl (C=O) groups is 2. The second-order valence-electron chi connectivity index (χ2n) is 5.66. The number of hydrogen-bond acceptors (Lipinski definition) is 4. The van der Waals surface area contributed by atoms with E-state index in [0.29, 0.717) is 13.0 Å². The highest BCUT2D eigenvalue weighted by Gasteiger charge is 2.24. The van der Waals surface area contributed by atoms with E-state index in [1.807, 2.05) is 36.4 Å². The van der Waals surface area contributed by atoms with E-state index in [2.05, 4.69) is 10.6 Å². The Kier molecular flexibility index (Phi) is 5.59. The van der Waals surface area contributed by atoms with Gasteiger partial charge in [0, 0.05) is 18.7 Å². The average molecular weight is 344 g/mol. The molecule has 126 valence electrons. The molecule has 2 aromatic rings. The standard InChI is InChI=1S/C18H20N2O3S/c21-17(19-10-9-14-5-3-11-23-14)12-24-16-8-7-13-4-1-2-6-15(13)20-18(16)22/h1-6,11,16H,7-10,12H2,(H,19,21)(H,20,22). The Morgan fingerprint density at radius 2 is 2.17 bits per heavy atom. The first-order valence-corrected chi connectivity index (χ1v) is 9.07. The number of hydrogen-bond donors (Lipinski definition) is 2. The van der Waals surface area contributed by atoms with Gasteiger partial charge in [0.05, 0.1) is 17.3 Å². The molecule has 1 aromatic carbocycles. The molecule has 1 aromatic heterocycles. The van der Waals surface area contributed by atoms with Crippen LogP contribution in [0.2, 0.25) is 0 Å². The van der Waals surface area contributed by atoms with Crippen molar-refractivity contribution < 1.29 is 14.0 Å². The molecule has 0 bridgehead atoms. The highest BCUT2D eigenvalue weighted by atomic mass is 32.2. The van der Waals surface area contributed by atoms with Crippen LogP contribution in [0, 0.1) is 0 Å². The van der Waals surface area contributed by atoms with E-state index >= 15 is 0 Å². The SMILES string of the molecule is O=C(CSC1CCc2ccccc2NC1=O)NCCc1ccco1. The van der Waals surface area contributed by atoms with Gasteiger partial charge >= 0.3 is 0 Å². The van der Waals surface area contributed by atoms with E-state index in [-0.39, 0.29) is 22.8 Å². The maximum Gasteiger partial charge on any atom is 0.237 e. The van der Waals surface area contributed by atoms with Crippen LogP contribution in [0.25, 0.3) is 0 Å². The molecule has 1 unspecified atom stereocenters. The Balaban J connectivity index is 1.43. The minimum absolute atomic E-state index is 0.0201. The lowest BCUT2D eigenvalue weighted by Gasteiger charge is -2.12. The molecule has 0 aliphatic carbocycles. The number of rotatable bonds is 6. The topological polar surface area (TPSA) is 71.3 Å². The first-order chi connectivity index (χ1) is 11.7. The lowest BCUT2D eigenvalue weighted by molar-refractivity contribution is -0.118. The number of benzene rings is 1. The summed E-state index contributed by atoms with van der Waals surface area (Å²) in [4.78, 5) is 24.2. The van der Waals surface area contributed by atoms with Crippen LogP contribution in [-0.4, -0.2) is 29.4 Å². The van der Waals surface area contributed by atoms with Gasteiger partial charge in [-0.3, -0.25) is 9.59 Å². The van der Waals surface area contributed by atoms with Crippen molar-refractivity contribution in [1.82, 2.24) is 5.32 Å². The summed E-state index contributed by atoms with van der Waals surface area (Å²) in [5.41, 5.74) is 2.03. The van der Waals surface area contributed by atoms with Crippen molar-refractivity contribution in [3.05, 3.63) is 54.0 Å². The molecule has 6 heteroatoms. The zero-order chi connectivity index (χ0) is 16.8. The van der Waals surface area contributed by atoms with Crippen molar-refractivity contribution in [2.24, 2.45) is 0 Å². The third-order valence-corrected chi connectivity index (χ3v) is 5.21. The molecule has 2 N–H and O–H groups in total. The minimum Gasteiger partial charge on any atom is -0.469 e. The molecular formula is C18H20N2O3S. The van der Waals surface area contributed by atoms with Crippen molar-refractivity contribution in [1.29, 1.82) is 0 Å². The lowest BCUT2D eigenvalue weighted by atomic mass is 10.1. The summed E-state index contributed by atoms with van der Waals surface area (Å²) in [5, 5.41) is 5.61.